The maximum Gasteiger partial charge on any atom is 0.415 e. The van der Waals surface area contributed by atoms with Crippen molar-refractivity contribution < 1.29 is 14.3 Å². The van der Waals surface area contributed by atoms with Gasteiger partial charge in [0.05, 0.1) is 5.69 Å². The van der Waals surface area contributed by atoms with E-state index in [1.54, 1.807) is 47.5 Å². The fourth-order valence-electron chi connectivity index (χ4n) is 3.95. The van der Waals surface area contributed by atoms with Gasteiger partial charge in [0, 0.05) is 35.9 Å². The molecule has 1 N–H and O–H groups in total. The predicted molar refractivity (Wildman–Crippen MR) is 121 cm³/mol. The fourth-order valence-corrected chi connectivity index (χ4v) is 4.08. The van der Waals surface area contributed by atoms with Crippen molar-refractivity contribution in [3.05, 3.63) is 58.9 Å². The molecule has 2 amide bonds. The van der Waals surface area contributed by atoms with E-state index < -0.39 is 0 Å². The van der Waals surface area contributed by atoms with Crippen molar-refractivity contribution in [1.29, 1.82) is 0 Å². The summed E-state index contributed by atoms with van der Waals surface area (Å²) in [6.45, 7) is 7.34. The average molecular weight is 444 g/mol. The number of amides is 2. The molecule has 3 rings (SSSR count). The summed E-state index contributed by atoms with van der Waals surface area (Å²) >= 11 is 5.93. The van der Waals surface area contributed by atoms with Gasteiger partial charge in [0.15, 0.2) is 5.75 Å². The van der Waals surface area contributed by atoms with Crippen molar-refractivity contribution in [3.8, 4) is 5.75 Å². The number of aromatic nitrogens is 1. The topological polar surface area (TPSA) is 71.5 Å². The van der Waals surface area contributed by atoms with Crippen molar-refractivity contribution in [2.75, 3.05) is 13.1 Å². The first-order valence-electron chi connectivity index (χ1n) is 10.8. The standard InChI is InChI=1S/C24H30ClN3O3/c1-16(2)15-21(27-23(29)19-6-8-20(25)9-7-19)18-10-13-28(14-11-18)24(30)31-22-5-4-12-26-17(22)3/h4-9,12,16,18,21H,10-11,13-15H2,1-3H3,(H,27,29)/t21-/m1/s1. The van der Waals surface area contributed by atoms with Crippen LogP contribution in [-0.2, 0) is 0 Å². The summed E-state index contributed by atoms with van der Waals surface area (Å²) in [5.74, 6) is 1.16. The SMILES string of the molecule is Cc1ncccc1OC(=O)N1CCC([C@@H](CC(C)C)NC(=O)c2ccc(Cl)cc2)CC1. The quantitative estimate of drug-likeness (QED) is 0.674. The van der Waals surface area contributed by atoms with Gasteiger partial charge in [-0.1, -0.05) is 25.4 Å². The first-order chi connectivity index (χ1) is 14.8. The Morgan fingerprint density at radius 3 is 2.48 bits per heavy atom. The van der Waals surface area contributed by atoms with E-state index >= 15 is 0 Å². The molecular weight excluding hydrogens is 414 g/mol. The lowest BCUT2D eigenvalue weighted by molar-refractivity contribution is 0.0871. The summed E-state index contributed by atoms with van der Waals surface area (Å²) in [6.07, 6.45) is 3.85. The molecule has 0 radical (unpaired) electrons. The minimum absolute atomic E-state index is 0.0573. The van der Waals surface area contributed by atoms with Crippen molar-refractivity contribution in [2.45, 2.75) is 46.1 Å². The zero-order valence-corrected chi connectivity index (χ0v) is 19.1. The van der Waals surface area contributed by atoms with Gasteiger partial charge < -0.3 is 15.0 Å². The minimum Gasteiger partial charge on any atom is -0.408 e. The normalized spacial score (nSPS) is 15.6. The maximum atomic E-state index is 12.8. The zero-order chi connectivity index (χ0) is 22.4. The third-order valence-electron chi connectivity index (χ3n) is 5.67. The molecule has 1 saturated heterocycles. The molecule has 31 heavy (non-hydrogen) atoms. The number of carbonyl (C=O) groups excluding carboxylic acids is 2. The van der Waals surface area contributed by atoms with Crippen LogP contribution in [0.15, 0.2) is 42.6 Å². The molecule has 1 aromatic carbocycles. The molecule has 0 bridgehead atoms. The van der Waals surface area contributed by atoms with Gasteiger partial charge in [0.1, 0.15) is 0 Å². The summed E-state index contributed by atoms with van der Waals surface area (Å²) in [5.41, 5.74) is 1.29. The van der Waals surface area contributed by atoms with E-state index in [2.05, 4.69) is 24.1 Å². The number of rotatable bonds is 6. The molecule has 2 heterocycles. The van der Waals surface area contributed by atoms with Crippen LogP contribution in [0.3, 0.4) is 0 Å². The Balaban J connectivity index is 1.58. The highest BCUT2D eigenvalue weighted by molar-refractivity contribution is 6.30. The van der Waals surface area contributed by atoms with Gasteiger partial charge in [0.25, 0.3) is 5.91 Å². The lowest BCUT2D eigenvalue weighted by atomic mass is 9.85. The highest BCUT2D eigenvalue weighted by atomic mass is 35.5. The summed E-state index contributed by atoms with van der Waals surface area (Å²) in [6, 6.07) is 10.5. The van der Waals surface area contributed by atoms with Crippen LogP contribution < -0.4 is 10.1 Å². The van der Waals surface area contributed by atoms with Crippen LogP contribution >= 0.6 is 11.6 Å². The van der Waals surface area contributed by atoms with Crippen LogP contribution in [0.5, 0.6) is 5.75 Å². The van der Waals surface area contributed by atoms with Crippen molar-refractivity contribution in [2.24, 2.45) is 11.8 Å². The first-order valence-corrected chi connectivity index (χ1v) is 11.2. The van der Waals surface area contributed by atoms with Gasteiger partial charge in [-0.2, -0.15) is 0 Å². The van der Waals surface area contributed by atoms with Gasteiger partial charge >= 0.3 is 6.09 Å². The lowest BCUT2D eigenvalue weighted by Gasteiger charge is -2.36. The van der Waals surface area contributed by atoms with Crippen LogP contribution in [0.25, 0.3) is 0 Å². The molecule has 1 aliphatic heterocycles. The van der Waals surface area contributed by atoms with Crippen molar-refractivity contribution >= 4 is 23.6 Å². The maximum absolute atomic E-state index is 12.8. The number of likely N-dealkylation sites (tertiary alicyclic amines) is 1. The lowest BCUT2D eigenvalue weighted by Crippen LogP contribution is -2.47. The monoisotopic (exact) mass is 443 g/mol. The smallest absolute Gasteiger partial charge is 0.408 e. The second kappa shape index (κ2) is 10.6. The molecule has 0 unspecified atom stereocenters. The van der Waals surface area contributed by atoms with Crippen LogP contribution in [0.1, 0.15) is 49.2 Å². The first kappa shape index (κ1) is 23.1. The molecular formula is C24H30ClN3O3. The number of aryl methyl sites for hydroxylation is 1. The van der Waals surface area contributed by atoms with E-state index in [0.29, 0.717) is 47.0 Å². The zero-order valence-electron chi connectivity index (χ0n) is 18.3. The number of piperidine rings is 1. The molecule has 0 spiro atoms. The molecule has 166 valence electrons. The van der Waals surface area contributed by atoms with Crippen LogP contribution in [0, 0.1) is 18.8 Å². The molecule has 6 nitrogen and oxygen atoms in total. The number of halogens is 1. The van der Waals surface area contributed by atoms with E-state index in [1.165, 1.54) is 0 Å². The number of ether oxygens (including phenoxy) is 1. The highest BCUT2D eigenvalue weighted by Gasteiger charge is 2.31. The molecule has 1 aliphatic rings. The van der Waals surface area contributed by atoms with E-state index in [1.807, 2.05) is 6.92 Å². The molecule has 1 fully saturated rings. The van der Waals surface area contributed by atoms with Gasteiger partial charge in [-0.05, 0) is 74.4 Å². The second-order valence-corrected chi connectivity index (χ2v) is 8.93. The van der Waals surface area contributed by atoms with E-state index in [4.69, 9.17) is 16.3 Å². The Morgan fingerprint density at radius 2 is 1.87 bits per heavy atom. The van der Waals surface area contributed by atoms with Crippen LogP contribution in [0.4, 0.5) is 4.79 Å². The Labute approximate surface area is 188 Å². The largest absolute Gasteiger partial charge is 0.415 e. The summed E-state index contributed by atoms with van der Waals surface area (Å²) in [5, 5.41) is 3.83. The molecule has 0 aliphatic carbocycles. The number of benzene rings is 1. The van der Waals surface area contributed by atoms with Crippen LogP contribution in [0.2, 0.25) is 5.02 Å². The number of nitrogens with one attached hydrogen (secondary N) is 1. The van der Waals surface area contributed by atoms with Crippen molar-refractivity contribution in [1.82, 2.24) is 15.2 Å². The summed E-state index contributed by atoms with van der Waals surface area (Å²) in [4.78, 5) is 31.2. The fraction of sp³-hybridized carbons (Fsp3) is 0.458. The third-order valence-corrected chi connectivity index (χ3v) is 5.92. The van der Waals surface area contributed by atoms with Gasteiger partial charge in [0.2, 0.25) is 0 Å². The molecule has 2 aromatic rings. The third kappa shape index (κ3) is 6.44. The Kier molecular flexibility index (Phi) is 7.91. The van der Waals surface area contributed by atoms with Crippen molar-refractivity contribution in [3.63, 3.8) is 0 Å². The van der Waals surface area contributed by atoms with E-state index in [0.717, 1.165) is 19.3 Å². The van der Waals surface area contributed by atoms with E-state index in [9.17, 15) is 9.59 Å². The second-order valence-electron chi connectivity index (χ2n) is 8.50. The summed E-state index contributed by atoms with van der Waals surface area (Å²) < 4.78 is 5.52. The number of hydrogen-bond acceptors (Lipinski definition) is 4. The molecule has 1 atom stereocenters. The van der Waals surface area contributed by atoms with Gasteiger partial charge in [-0.3, -0.25) is 9.78 Å². The van der Waals surface area contributed by atoms with Gasteiger partial charge in [-0.25, -0.2) is 4.79 Å². The number of pyridine rings is 1. The average Bonchev–Trinajstić information content (AvgIpc) is 2.75. The van der Waals surface area contributed by atoms with Gasteiger partial charge in [-0.15, -0.1) is 0 Å². The predicted octanol–water partition coefficient (Wildman–Crippen LogP) is 5.10. The highest BCUT2D eigenvalue weighted by Crippen LogP contribution is 2.26. The molecule has 1 aromatic heterocycles. The number of nitrogens with zero attached hydrogens (tertiary/aromatic N) is 2. The Morgan fingerprint density at radius 1 is 1.19 bits per heavy atom. The number of hydrogen-bond donors (Lipinski definition) is 1. The minimum atomic E-state index is -0.347. The summed E-state index contributed by atoms with van der Waals surface area (Å²) in [7, 11) is 0. The Bertz CT molecular complexity index is 893. The molecule has 0 saturated carbocycles. The van der Waals surface area contributed by atoms with E-state index in [-0.39, 0.29) is 18.0 Å². The molecule has 7 heteroatoms. The Hall–Kier alpha value is -2.60. The van der Waals surface area contributed by atoms with Crippen LogP contribution in [-0.4, -0.2) is 41.0 Å². The number of carbonyl (C=O) groups is 2.